The monoisotopic (exact) mass is 183 g/mol. The molecule has 0 amide bonds. The molecule has 74 valence electrons. The van der Waals surface area contributed by atoms with Gasteiger partial charge in [-0.25, -0.2) is 0 Å². The Morgan fingerprint density at radius 2 is 2.08 bits per heavy atom. The summed E-state index contributed by atoms with van der Waals surface area (Å²) in [5.74, 6) is -0.261. The Bertz CT molecular complexity index is 205. The average Bonchev–Trinajstić information content (AvgIpc) is 2.44. The smallest absolute Gasteiger partial charge is 0.306 e. The van der Waals surface area contributed by atoms with E-state index in [2.05, 4.69) is 5.32 Å². The van der Waals surface area contributed by atoms with Crippen molar-refractivity contribution < 1.29 is 9.90 Å². The molecule has 3 heteroatoms. The van der Waals surface area contributed by atoms with Gasteiger partial charge in [-0.1, -0.05) is 6.42 Å². The third-order valence-electron chi connectivity index (χ3n) is 3.50. The van der Waals surface area contributed by atoms with Crippen molar-refractivity contribution in [2.45, 2.75) is 38.1 Å². The van der Waals surface area contributed by atoms with E-state index in [4.69, 9.17) is 5.11 Å². The lowest BCUT2D eigenvalue weighted by molar-refractivity contribution is -0.144. The maximum Gasteiger partial charge on any atom is 0.306 e. The van der Waals surface area contributed by atoms with Crippen LogP contribution < -0.4 is 5.32 Å². The molecule has 1 heterocycles. The van der Waals surface area contributed by atoms with Gasteiger partial charge in [-0.2, -0.15) is 0 Å². The molecule has 0 bridgehead atoms. The predicted octanol–water partition coefficient (Wildman–Crippen LogP) is 1.24. The number of carboxylic acids is 1. The summed E-state index contributed by atoms with van der Waals surface area (Å²) >= 11 is 0. The Morgan fingerprint density at radius 1 is 1.23 bits per heavy atom. The van der Waals surface area contributed by atoms with Gasteiger partial charge in [-0.3, -0.25) is 4.79 Å². The van der Waals surface area contributed by atoms with Gasteiger partial charge in [-0.05, 0) is 38.1 Å². The molecule has 0 spiro atoms. The minimum absolute atomic E-state index is 0.0810. The largest absolute Gasteiger partial charge is 0.481 e. The fraction of sp³-hybridized carbons (Fsp3) is 0.900. The molecular formula is C10H17NO2. The van der Waals surface area contributed by atoms with Crippen molar-refractivity contribution in [3.8, 4) is 0 Å². The molecule has 0 aromatic carbocycles. The van der Waals surface area contributed by atoms with Crippen molar-refractivity contribution in [2.24, 2.45) is 11.8 Å². The third-order valence-corrected chi connectivity index (χ3v) is 3.50. The normalized spacial score (nSPS) is 39.5. The summed E-state index contributed by atoms with van der Waals surface area (Å²) < 4.78 is 0. The molecule has 3 unspecified atom stereocenters. The Balaban J connectivity index is 2.10. The molecule has 1 aliphatic heterocycles. The molecule has 13 heavy (non-hydrogen) atoms. The summed E-state index contributed by atoms with van der Waals surface area (Å²) in [5, 5.41) is 12.5. The molecule has 0 radical (unpaired) electrons. The number of hydrogen-bond donors (Lipinski definition) is 2. The second-order valence-corrected chi connectivity index (χ2v) is 4.24. The lowest BCUT2D eigenvalue weighted by atomic mass is 9.86. The van der Waals surface area contributed by atoms with Crippen LogP contribution in [0.2, 0.25) is 0 Å². The van der Waals surface area contributed by atoms with Gasteiger partial charge in [0.1, 0.15) is 0 Å². The zero-order valence-electron chi connectivity index (χ0n) is 7.83. The minimum atomic E-state index is -0.583. The van der Waals surface area contributed by atoms with Gasteiger partial charge in [0.2, 0.25) is 0 Å². The van der Waals surface area contributed by atoms with Gasteiger partial charge in [0, 0.05) is 6.04 Å². The van der Waals surface area contributed by atoms with Gasteiger partial charge >= 0.3 is 5.97 Å². The van der Waals surface area contributed by atoms with Crippen LogP contribution in [0.3, 0.4) is 0 Å². The van der Waals surface area contributed by atoms with Crippen LogP contribution in [0.25, 0.3) is 0 Å². The first-order valence-electron chi connectivity index (χ1n) is 5.25. The van der Waals surface area contributed by atoms with Crippen LogP contribution in [-0.2, 0) is 4.79 Å². The van der Waals surface area contributed by atoms with E-state index in [0.717, 1.165) is 25.8 Å². The summed E-state index contributed by atoms with van der Waals surface area (Å²) in [6.45, 7) is 1.00. The van der Waals surface area contributed by atoms with Crippen molar-refractivity contribution in [2.75, 3.05) is 6.54 Å². The van der Waals surface area contributed by atoms with E-state index in [9.17, 15) is 4.79 Å². The van der Waals surface area contributed by atoms with Gasteiger partial charge < -0.3 is 10.4 Å². The molecule has 3 nitrogen and oxygen atoms in total. The summed E-state index contributed by atoms with van der Waals surface area (Å²) in [4.78, 5) is 11.0. The van der Waals surface area contributed by atoms with Crippen LogP contribution in [0, 0.1) is 11.8 Å². The summed E-state index contributed by atoms with van der Waals surface area (Å²) in [5.41, 5.74) is 0. The number of rotatable bonds is 1. The lowest BCUT2D eigenvalue weighted by Gasteiger charge is -2.22. The molecule has 2 N–H and O–H groups in total. The van der Waals surface area contributed by atoms with Crippen LogP contribution in [0.15, 0.2) is 0 Å². The van der Waals surface area contributed by atoms with Crippen LogP contribution in [-0.4, -0.2) is 23.7 Å². The molecule has 2 aliphatic rings. The highest BCUT2D eigenvalue weighted by Crippen LogP contribution is 2.35. The van der Waals surface area contributed by atoms with E-state index in [1.54, 1.807) is 0 Å². The third kappa shape index (κ3) is 1.70. The standard InChI is InChI=1S/C10H17NO2/c12-10(13)8-4-2-6-11-9-5-1-3-7(8)9/h7-9,11H,1-6H2,(H,12,13). The average molecular weight is 183 g/mol. The second kappa shape index (κ2) is 3.66. The maximum absolute atomic E-state index is 11.0. The van der Waals surface area contributed by atoms with Crippen molar-refractivity contribution in [3.05, 3.63) is 0 Å². The molecule has 3 atom stereocenters. The van der Waals surface area contributed by atoms with Crippen molar-refractivity contribution in [3.63, 3.8) is 0 Å². The molecule has 2 rings (SSSR count). The van der Waals surface area contributed by atoms with Gasteiger partial charge in [-0.15, -0.1) is 0 Å². The fourth-order valence-corrected chi connectivity index (χ4v) is 2.85. The predicted molar refractivity (Wildman–Crippen MR) is 49.5 cm³/mol. The van der Waals surface area contributed by atoms with Crippen LogP contribution in [0.5, 0.6) is 0 Å². The Kier molecular flexibility index (Phi) is 2.54. The van der Waals surface area contributed by atoms with E-state index >= 15 is 0 Å². The van der Waals surface area contributed by atoms with Crippen LogP contribution in [0.1, 0.15) is 32.1 Å². The Morgan fingerprint density at radius 3 is 2.85 bits per heavy atom. The molecule has 1 aliphatic carbocycles. The van der Waals surface area contributed by atoms with E-state index in [-0.39, 0.29) is 5.92 Å². The molecular weight excluding hydrogens is 166 g/mol. The van der Waals surface area contributed by atoms with E-state index in [1.165, 1.54) is 12.8 Å². The first-order valence-corrected chi connectivity index (χ1v) is 5.25. The molecule has 0 aromatic heterocycles. The van der Waals surface area contributed by atoms with E-state index < -0.39 is 5.97 Å². The number of fused-ring (bicyclic) bond motifs is 1. The number of nitrogens with one attached hydrogen (secondary N) is 1. The lowest BCUT2D eigenvalue weighted by Crippen LogP contribution is -2.35. The topological polar surface area (TPSA) is 49.3 Å². The summed E-state index contributed by atoms with van der Waals surface area (Å²) in [6.07, 6.45) is 5.36. The molecule has 2 fully saturated rings. The highest BCUT2D eigenvalue weighted by molar-refractivity contribution is 5.70. The van der Waals surface area contributed by atoms with E-state index in [1.807, 2.05) is 0 Å². The van der Waals surface area contributed by atoms with E-state index in [0.29, 0.717) is 12.0 Å². The second-order valence-electron chi connectivity index (χ2n) is 4.24. The molecule has 0 aromatic rings. The zero-order chi connectivity index (χ0) is 9.26. The minimum Gasteiger partial charge on any atom is -0.481 e. The van der Waals surface area contributed by atoms with Crippen LogP contribution >= 0.6 is 0 Å². The van der Waals surface area contributed by atoms with Crippen molar-refractivity contribution in [1.82, 2.24) is 5.32 Å². The van der Waals surface area contributed by atoms with Gasteiger partial charge in [0.25, 0.3) is 0 Å². The molecule has 1 saturated carbocycles. The number of carboxylic acid groups (broad SMARTS) is 1. The van der Waals surface area contributed by atoms with Crippen LogP contribution in [0.4, 0.5) is 0 Å². The number of hydrogen-bond acceptors (Lipinski definition) is 2. The maximum atomic E-state index is 11.0. The fourth-order valence-electron chi connectivity index (χ4n) is 2.85. The first kappa shape index (κ1) is 9.00. The Hall–Kier alpha value is -0.570. The van der Waals surface area contributed by atoms with Gasteiger partial charge in [0.05, 0.1) is 5.92 Å². The highest BCUT2D eigenvalue weighted by atomic mass is 16.4. The number of aliphatic carboxylic acids is 1. The van der Waals surface area contributed by atoms with Crippen molar-refractivity contribution >= 4 is 5.97 Å². The zero-order valence-corrected chi connectivity index (χ0v) is 7.83. The summed E-state index contributed by atoms with van der Waals surface area (Å²) in [6, 6.07) is 0.489. The number of carbonyl (C=O) groups is 1. The van der Waals surface area contributed by atoms with Gasteiger partial charge in [0.15, 0.2) is 0 Å². The summed E-state index contributed by atoms with van der Waals surface area (Å²) in [7, 11) is 0. The molecule has 1 saturated heterocycles. The highest BCUT2D eigenvalue weighted by Gasteiger charge is 2.38. The first-order chi connectivity index (χ1) is 6.29. The van der Waals surface area contributed by atoms with Crippen molar-refractivity contribution in [1.29, 1.82) is 0 Å². The SMILES string of the molecule is O=C(O)C1CCCNC2CCCC21. The Labute approximate surface area is 78.5 Å². The quantitative estimate of drug-likeness (QED) is 0.643.